The Balaban J connectivity index is 1.59. The number of rotatable bonds is 8. The molecule has 2 rings (SSSR count). The van der Waals surface area contributed by atoms with Gasteiger partial charge >= 0.3 is 0 Å². The van der Waals surface area contributed by atoms with Crippen LogP contribution in [0.4, 0.5) is 5.69 Å². The molecule has 122 valence electrons. The Labute approximate surface area is 146 Å². The summed E-state index contributed by atoms with van der Waals surface area (Å²) in [4.78, 5) is 11.9. The van der Waals surface area contributed by atoms with Gasteiger partial charge in [-0.3, -0.25) is 4.79 Å². The molecule has 0 aromatic heterocycles. The minimum Gasteiger partial charge on any atom is -0.326 e. The smallest absolute Gasteiger partial charge is 0.225 e. The molecule has 0 fully saturated rings. The van der Waals surface area contributed by atoms with Crippen LogP contribution in [0.1, 0.15) is 24.0 Å². The molecule has 3 nitrogen and oxygen atoms in total. The molecule has 0 unspecified atom stereocenters. The molecular weight excluding hydrogens is 352 g/mol. The van der Waals surface area contributed by atoms with Gasteiger partial charge in [-0.15, -0.1) is 0 Å². The fourth-order valence-corrected chi connectivity index (χ4v) is 2.84. The Kier molecular flexibility index (Phi) is 7.30. The van der Waals surface area contributed by atoms with E-state index in [0.29, 0.717) is 13.0 Å². The van der Waals surface area contributed by atoms with Gasteiger partial charge in [0, 0.05) is 23.1 Å². The van der Waals surface area contributed by atoms with Crippen LogP contribution in [-0.4, -0.2) is 19.0 Å². The summed E-state index contributed by atoms with van der Waals surface area (Å²) < 4.78 is 1.02. The molecule has 2 aromatic rings. The fourth-order valence-electron chi connectivity index (χ4n) is 2.37. The average Bonchev–Trinajstić information content (AvgIpc) is 2.54. The van der Waals surface area contributed by atoms with Crippen molar-refractivity contribution in [3.63, 3.8) is 0 Å². The lowest BCUT2D eigenvalue weighted by Crippen LogP contribution is -2.23. The maximum atomic E-state index is 11.9. The quantitative estimate of drug-likeness (QED) is 0.675. The van der Waals surface area contributed by atoms with Gasteiger partial charge in [-0.05, 0) is 55.6 Å². The highest BCUT2D eigenvalue weighted by Crippen LogP contribution is 2.20. The van der Waals surface area contributed by atoms with E-state index in [4.69, 9.17) is 0 Å². The van der Waals surface area contributed by atoms with Crippen LogP contribution in [0.2, 0.25) is 0 Å². The van der Waals surface area contributed by atoms with Gasteiger partial charge in [0.25, 0.3) is 0 Å². The van der Waals surface area contributed by atoms with Crippen LogP contribution >= 0.6 is 15.9 Å². The zero-order valence-corrected chi connectivity index (χ0v) is 15.0. The van der Waals surface area contributed by atoms with E-state index in [0.717, 1.165) is 35.1 Å². The summed E-state index contributed by atoms with van der Waals surface area (Å²) in [6, 6.07) is 16.3. The molecule has 2 N–H and O–H groups in total. The summed E-state index contributed by atoms with van der Waals surface area (Å²) >= 11 is 3.42. The van der Waals surface area contributed by atoms with E-state index in [9.17, 15) is 4.79 Å². The first-order valence-corrected chi connectivity index (χ1v) is 8.75. The zero-order chi connectivity index (χ0) is 16.5. The number of hydrogen-bond donors (Lipinski definition) is 2. The van der Waals surface area contributed by atoms with E-state index in [2.05, 4.69) is 50.8 Å². The van der Waals surface area contributed by atoms with E-state index in [-0.39, 0.29) is 5.91 Å². The van der Waals surface area contributed by atoms with E-state index >= 15 is 0 Å². The van der Waals surface area contributed by atoms with Crippen LogP contribution in [0, 0.1) is 6.92 Å². The van der Waals surface area contributed by atoms with Gasteiger partial charge in [0.15, 0.2) is 0 Å². The van der Waals surface area contributed by atoms with Crippen molar-refractivity contribution in [2.45, 2.75) is 26.2 Å². The summed E-state index contributed by atoms with van der Waals surface area (Å²) in [5.74, 6) is 0.0472. The van der Waals surface area contributed by atoms with Crippen molar-refractivity contribution < 1.29 is 4.79 Å². The van der Waals surface area contributed by atoms with Crippen molar-refractivity contribution in [1.82, 2.24) is 5.32 Å². The third-order valence-corrected chi connectivity index (χ3v) is 4.15. The molecule has 0 heterocycles. The molecule has 0 saturated carbocycles. The molecule has 0 atom stereocenters. The number of amides is 1. The molecule has 0 spiro atoms. The van der Waals surface area contributed by atoms with Gasteiger partial charge in [0.05, 0.1) is 0 Å². The van der Waals surface area contributed by atoms with E-state index in [1.54, 1.807) is 0 Å². The first kappa shape index (κ1) is 17.7. The van der Waals surface area contributed by atoms with Crippen LogP contribution in [-0.2, 0) is 11.2 Å². The second-order valence-corrected chi connectivity index (χ2v) is 6.51. The van der Waals surface area contributed by atoms with Crippen LogP contribution < -0.4 is 10.6 Å². The number of carbonyl (C=O) groups is 1. The Morgan fingerprint density at radius 2 is 1.87 bits per heavy atom. The van der Waals surface area contributed by atoms with Crippen molar-refractivity contribution in [2.24, 2.45) is 0 Å². The lowest BCUT2D eigenvalue weighted by Gasteiger charge is -2.09. The first-order valence-electron chi connectivity index (χ1n) is 7.96. The van der Waals surface area contributed by atoms with Crippen molar-refractivity contribution in [2.75, 3.05) is 18.4 Å². The minimum atomic E-state index is 0.0472. The molecule has 0 saturated heterocycles. The number of aryl methyl sites for hydroxylation is 2. The number of halogens is 1. The van der Waals surface area contributed by atoms with Gasteiger partial charge in [-0.1, -0.05) is 46.3 Å². The largest absolute Gasteiger partial charge is 0.326 e. The number of anilines is 1. The average molecular weight is 375 g/mol. The molecule has 0 radical (unpaired) electrons. The van der Waals surface area contributed by atoms with Crippen molar-refractivity contribution >= 4 is 27.5 Å². The standard InChI is InChI=1S/C19H23BrN2O/c1-15-14-17(20)9-10-18(15)22-19(23)11-13-21-12-5-8-16-6-3-2-4-7-16/h2-4,6-7,9-10,14,21H,5,8,11-13H2,1H3,(H,22,23). The maximum absolute atomic E-state index is 11.9. The van der Waals surface area contributed by atoms with Crippen LogP contribution in [0.25, 0.3) is 0 Å². The van der Waals surface area contributed by atoms with Crippen LogP contribution in [0.3, 0.4) is 0 Å². The van der Waals surface area contributed by atoms with Gasteiger partial charge in [0.2, 0.25) is 5.91 Å². The molecule has 23 heavy (non-hydrogen) atoms. The summed E-state index contributed by atoms with van der Waals surface area (Å²) in [6.07, 6.45) is 2.64. The molecule has 0 aliphatic carbocycles. The lowest BCUT2D eigenvalue weighted by molar-refractivity contribution is -0.116. The van der Waals surface area contributed by atoms with Gasteiger partial charge in [-0.25, -0.2) is 0 Å². The van der Waals surface area contributed by atoms with Gasteiger partial charge < -0.3 is 10.6 Å². The SMILES string of the molecule is Cc1cc(Br)ccc1NC(=O)CCNCCCc1ccccc1. The first-order chi connectivity index (χ1) is 11.1. The summed E-state index contributed by atoms with van der Waals surface area (Å²) in [7, 11) is 0. The second-order valence-electron chi connectivity index (χ2n) is 5.60. The van der Waals surface area contributed by atoms with E-state index < -0.39 is 0 Å². The number of nitrogens with one attached hydrogen (secondary N) is 2. The van der Waals surface area contributed by atoms with E-state index in [1.165, 1.54) is 5.56 Å². The van der Waals surface area contributed by atoms with Gasteiger partial charge in [0.1, 0.15) is 0 Å². The normalized spacial score (nSPS) is 10.5. The topological polar surface area (TPSA) is 41.1 Å². The van der Waals surface area contributed by atoms with Gasteiger partial charge in [-0.2, -0.15) is 0 Å². The Morgan fingerprint density at radius 3 is 2.61 bits per heavy atom. The predicted molar refractivity (Wildman–Crippen MR) is 99.8 cm³/mol. The lowest BCUT2D eigenvalue weighted by atomic mass is 10.1. The van der Waals surface area contributed by atoms with Crippen LogP contribution in [0.15, 0.2) is 53.0 Å². The molecule has 1 amide bonds. The number of hydrogen-bond acceptors (Lipinski definition) is 2. The summed E-state index contributed by atoms with van der Waals surface area (Å²) in [6.45, 7) is 3.62. The molecular formula is C19H23BrN2O. The summed E-state index contributed by atoms with van der Waals surface area (Å²) in [5.41, 5.74) is 3.29. The summed E-state index contributed by atoms with van der Waals surface area (Å²) in [5, 5.41) is 6.28. The van der Waals surface area contributed by atoms with Crippen molar-refractivity contribution in [1.29, 1.82) is 0 Å². The minimum absolute atomic E-state index is 0.0472. The Hall–Kier alpha value is -1.65. The van der Waals surface area contributed by atoms with E-state index in [1.807, 2.05) is 31.2 Å². The zero-order valence-electron chi connectivity index (χ0n) is 13.4. The molecule has 0 bridgehead atoms. The highest BCUT2D eigenvalue weighted by Gasteiger charge is 2.04. The third kappa shape index (κ3) is 6.55. The highest BCUT2D eigenvalue weighted by molar-refractivity contribution is 9.10. The van der Waals surface area contributed by atoms with Crippen molar-refractivity contribution in [3.05, 3.63) is 64.1 Å². The second kappa shape index (κ2) is 9.48. The molecule has 2 aromatic carbocycles. The predicted octanol–water partition coefficient (Wildman–Crippen LogP) is 4.31. The maximum Gasteiger partial charge on any atom is 0.225 e. The molecule has 0 aliphatic rings. The fraction of sp³-hybridized carbons (Fsp3) is 0.316. The third-order valence-electron chi connectivity index (χ3n) is 3.65. The number of carbonyl (C=O) groups excluding carboxylic acids is 1. The molecule has 0 aliphatic heterocycles. The number of benzene rings is 2. The highest BCUT2D eigenvalue weighted by atomic mass is 79.9. The van der Waals surface area contributed by atoms with Crippen molar-refractivity contribution in [3.8, 4) is 0 Å². The van der Waals surface area contributed by atoms with Crippen LogP contribution in [0.5, 0.6) is 0 Å². The Morgan fingerprint density at radius 1 is 1.09 bits per heavy atom. The Bertz CT molecular complexity index is 629. The monoisotopic (exact) mass is 374 g/mol. The molecule has 4 heteroatoms.